The van der Waals surface area contributed by atoms with Crippen LogP contribution in [0.3, 0.4) is 0 Å². The van der Waals surface area contributed by atoms with Crippen molar-refractivity contribution in [3.63, 3.8) is 0 Å². The Bertz CT molecular complexity index is 417. The monoisotopic (exact) mass is 253 g/mol. The molecule has 0 atom stereocenters. The van der Waals surface area contributed by atoms with E-state index >= 15 is 0 Å². The van der Waals surface area contributed by atoms with Gasteiger partial charge in [-0.3, -0.25) is 14.4 Å². The summed E-state index contributed by atoms with van der Waals surface area (Å²) in [6.45, 7) is 3.18. The maximum Gasteiger partial charge on any atom is 0.323 e. The summed E-state index contributed by atoms with van der Waals surface area (Å²) in [5.41, 5.74) is 0.195. The van der Waals surface area contributed by atoms with E-state index in [1.165, 1.54) is 13.1 Å². The van der Waals surface area contributed by atoms with Crippen LogP contribution in [0.5, 0.6) is 0 Å². The second kappa shape index (κ2) is 5.95. The summed E-state index contributed by atoms with van der Waals surface area (Å²) in [5, 5.41) is 13.7. The minimum absolute atomic E-state index is 0.127. The Morgan fingerprint density at radius 3 is 2.72 bits per heavy atom. The molecule has 0 saturated carbocycles. The number of amides is 2. The molecule has 98 valence electrons. The molecule has 0 radical (unpaired) electrons. The first kappa shape index (κ1) is 13.9. The van der Waals surface area contributed by atoms with Gasteiger partial charge in [-0.05, 0) is 0 Å². The van der Waals surface area contributed by atoms with E-state index in [4.69, 9.17) is 5.11 Å². The third kappa shape index (κ3) is 3.41. The van der Waals surface area contributed by atoms with Crippen LogP contribution in [0.1, 0.15) is 12.8 Å². The van der Waals surface area contributed by atoms with E-state index in [9.17, 15) is 14.4 Å². The third-order valence-corrected chi connectivity index (χ3v) is 2.42. The fourth-order valence-corrected chi connectivity index (χ4v) is 1.54. The number of hydrogen-bond acceptors (Lipinski definition) is 4. The summed E-state index contributed by atoms with van der Waals surface area (Å²) in [6, 6.07) is 0. The van der Waals surface area contributed by atoms with Crippen molar-refractivity contribution in [1.29, 1.82) is 0 Å². The van der Waals surface area contributed by atoms with Gasteiger partial charge in [0.15, 0.2) is 0 Å². The van der Waals surface area contributed by atoms with Crippen molar-refractivity contribution in [3.05, 3.63) is 12.7 Å². The lowest BCUT2D eigenvalue weighted by Gasteiger charge is -2.23. The highest BCUT2D eigenvalue weighted by Crippen LogP contribution is 2.09. The Hall–Kier alpha value is -2.18. The second-order valence-corrected chi connectivity index (χ2v) is 3.83. The predicted molar refractivity (Wildman–Crippen MR) is 63.9 cm³/mol. The number of aliphatic carboxylic acids is 1. The van der Waals surface area contributed by atoms with Crippen LogP contribution in [0.15, 0.2) is 17.8 Å². The lowest BCUT2D eigenvalue weighted by molar-refractivity contribution is -0.142. The van der Waals surface area contributed by atoms with Crippen LogP contribution < -0.4 is 0 Å². The zero-order valence-corrected chi connectivity index (χ0v) is 10.1. The molecule has 0 aromatic heterocycles. The minimum Gasteiger partial charge on any atom is -0.480 e. The number of carboxylic acid groups (broad SMARTS) is 1. The molecule has 0 aromatic carbocycles. The Kier molecular flexibility index (Phi) is 4.59. The summed E-state index contributed by atoms with van der Waals surface area (Å²) in [6.07, 6.45) is 1.88. The average Bonchev–Trinajstić information content (AvgIpc) is 2.31. The van der Waals surface area contributed by atoms with Gasteiger partial charge in [0, 0.05) is 26.4 Å². The Morgan fingerprint density at radius 1 is 1.56 bits per heavy atom. The zero-order chi connectivity index (χ0) is 13.7. The number of rotatable bonds is 5. The van der Waals surface area contributed by atoms with Crippen LogP contribution in [-0.4, -0.2) is 58.6 Å². The molecule has 1 aliphatic heterocycles. The highest BCUT2D eigenvalue weighted by molar-refractivity contribution is 6.39. The predicted octanol–water partition coefficient (Wildman–Crippen LogP) is -0.306. The fraction of sp³-hybridized carbons (Fsp3) is 0.455. The van der Waals surface area contributed by atoms with Gasteiger partial charge in [-0.1, -0.05) is 6.08 Å². The topological polar surface area (TPSA) is 90.3 Å². The van der Waals surface area contributed by atoms with Crippen LogP contribution in [0.2, 0.25) is 0 Å². The van der Waals surface area contributed by atoms with Gasteiger partial charge in [-0.15, -0.1) is 6.58 Å². The fourth-order valence-electron chi connectivity index (χ4n) is 1.54. The van der Waals surface area contributed by atoms with Gasteiger partial charge in [-0.25, -0.2) is 5.01 Å². The highest BCUT2D eigenvalue weighted by atomic mass is 16.4. The number of hydrazone groups is 1. The SMILES string of the molecule is C=CCN(CC(=O)O)C(=O)C1=NN(C)C(=O)CC1. The van der Waals surface area contributed by atoms with Crippen molar-refractivity contribution in [2.75, 3.05) is 20.1 Å². The molecular formula is C11H15N3O4. The molecule has 0 bridgehead atoms. The lowest BCUT2D eigenvalue weighted by atomic mass is 10.1. The number of carboxylic acids is 1. The number of nitrogens with zero attached hydrogens (tertiary/aromatic N) is 3. The van der Waals surface area contributed by atoms with Crippen molar-refractivity contribution in [1.82, 2.24) is 9.91 Å². The van der Waals surface area contributed by atoms with E-state index in [-0.39, 0.29) is 31.0 Å². The quantitative estimate of drug-likeness (QED) is 0.681. The average molecular weight is 253 g/mol. The maximum atomic E-state index is 12.0. The maximum absolute atomic E-state index is 12.0. The van der Waals surface area contributed by atoms with Crippen LogP contribution in [0.25, 0.3) is 0 Å². The third-order valence-electron chi connectivity index (χ3n) is 2.42. The van der Waals surface area contributed by atoms with E-state index in [0.29, 0.717) is 0 Å². The summed E-state index contributed by atoms with van der Waals surface area (Å²) >= 11 is 0. The smallest absolute Gasteiger partial charge is 0.323 e. The summed E-state index contributed by atoms with van der Waals surface area (Å²) in [7, 11) is 1.46. The summed E-state index contributed by atoms with van der Waals surface area (Å²) in [5.74, 6) is -1.75. The molecule has 1 N–H and O–H groups in total. The van der Waals surface area contributed by atoms with Gasteiger partial charge in [-0.2, -0.15) is 5.10 Å². The van der Waals surface area contributed by atoms with Crippen molar-refractivity contribution >= 4 is 23.5 Å². The normalized spacial score (nSPS) is 15.1. The Labute approximate surface area is 104 Å². The molecule has 1 aliphatic rings. The molecule has 0 saturated heterocycles. The second-order valence-electron chi connectivity index (χ2n) is 3.83. The number of carbonyl (C=O) groups is 3. The van der Waals surface area contributed by atoms with Crippen LogP contribution >= 0.6 is 0 Å². The molecule has 0 unspecified atom stereocenters. The van der Waals surface area contributed by atoms with Crippen LogP contribution in [0.4, 0.5) is 0 Å². The molecule has 7 nitrogen and oxygen atoms in total. The van der Waals surface area contributed by atoms with E-state index < -0.39 is 18.4 Å². The Morgan fingerprint density at radius 2 is 2.22 bits per heavy atom. The first-order chi connectivity index (χ1) is 8.45. The van der Waals surface area contributed by atoms with E-state index in [2.05, 4.69) is 11.7 Å². The van der Waals surface area contributed by atoms with Crippen molar-refractivity contribution < 1.29 is 19.5 Å². The Balaban J connectivity index is 2.82. The lowest BCUT2D eigenvalue weighted by Crippen LogP contribution is -2.43. The molecule has 0 fully saturated rings. The summed E-state index contributed by atoms with van der Waals surface area (Å²) < 4.78 is 0. The molecule has 18 heavy (non-hydrogen) atoms. The van der Waals surface area contributed by atoms with Crippen molar-refractivity contribution in [2.24, 2.45) is 5.10 Å². The first-order valence-corrected chi connectivity index (χ1v) is 5.41. The summed E-state index contributed by atoms with van der Waals surface area (Å²) in [4.78, 5) is 35.0. The zero-order valence-electron chi connectivity index (χ0n) is 10.1. The largest absolute Gasteiger partial charge is 0.480 e. The molecule has 1 heterocycles. The van der Waals surface area contributed by atoms with Gasteiger partial charge in [0.25, 0.3) is 5.91 Å². The molecule has 1 rings (SSSR count). The van der Waals surface area contributed by atoms with Crippen molar-refractivity contribution in [3.8, 4) is 0 Å². The van der Waals surface area contributed by atoms with Crippen molar-refractivity contribution in [2.45, 2.75) is 12.8 Å². The van der Waals surface area contributed by atoms with E-state index in [1.807, 2.05) is 0 Å². The minimum atomic E-state index is -1.11. The number of carbonyl (C=O) groups excluding carboxylic acids is 2. The van der Waals surface area contributed by atoms with Gasteiger partial charge >= 0.3 is 5.97 Å². The molecular weight excluding hydrogens is 238 g/mol. The van der Waals surface area contributed by atoms with Crippen LogP contribution in [0, 0.1) is 0 Å². The van der Waals surface area contributed by atoms with Gasteiger partial charge in [0.2, 0.25) is 5.91 Å². The number of hydrogen-bond donors (Lipinski definition) is 1. The molecule has 0 aliphatic carbocycles. The van der Waals surface area contributed by atoms with Gasteiger partial charge in [0.05, 0.1) is 0 Å². The first-order valence-electron chi connectivity index (χ1n) is 5.41. The van der Waals surface area contributed by atoms with Gasteiger partial charge in [0.1, 0.15) is 12.3 Å². The standard InChI is InChI=1S/C11H15N3O4/c1-3-6-14(7-10(16)17)11(18)8-4-5-9(15)13(2)12-8/h3H,1,4-7H2,2H3,(H,16,17). The highest BCUT2D eigenvalue weighted by Gasteiger charge is 2.26. The van der Waals surface area contributed by atoms with E-state index in [0.717, 1.165) is 9.91 Å². The van der Waals surface area contributed by atoms with Gasteiger partial charge < -0.3 is 10.0 Å². The van der Waals surface area contributed by atoms with E-state index in [1.54, 1.807) is 0 Å². The molecule has 2 amide bonds. The molecule has 7 heteroatoms. The molecule has 0 aromatic rings. The van der Waals surface area contributed by atoms with Crippen LogP contribution in [-0.2, 0) is 14.4 Å². The molecule has 0 spiro atoms.